The van der Waals surface area contributed by atoms with Crippen molar-refractivity contribution in [3.63, 3.8) is 0 Å². The number of nitrogens with two attached hydrogens (primary N) is 1. The van der Waals surface area contributed by atoms with E-state index in [0.717, 1.165) is 11.4 Å². The van der Waals surface area contributed by atoms with Crippen LogP contribution in [-0.4, -0.2) is 15.0 Å². The minimum atomic E-state index is 0.110. The Labute approximate surface area is 106 Å². The molecule has 2 rings (SSSR count). The number of hydrogen-bond donors (Lipinski definition) is 3. The number of anilines is 2. The predicted molar refractivity (Wildman–Crippen MR) is 70.9 cm³/mol. The molecule has 1 atom stereocenters. The molecule has 0 aromatic carbocycles. The van der Waals surface area contributed by atoms with Crippen LogP contribution in [0.2, 0.25) is 0 Å². The smallest absolute Gasteiger partial charge is 0.145 e. The summed E-state index contributed by atoms with van der Waals surface area (Å²) in [5, 5.41) is 3.29. The van der Waals surface area contributed by atoms with E-state index in [4.69, 9.17) is 5.84 Å². The van der Waals surface area contributed by atoms with Crippen molar-refractivity contribution in [2.45, 2.75) is 19.9 Å². The van der Waals surface area contributed by atoms with Crippen LogP contribution >= 0.6 is 0 Å². The summed E-state index contributed by atoms with van der Waals surface area (Å²) < 4.78 is 0. The maximum atomic E-state index is 5.35. The Morgan fingerprint density at radius 3 is 2.72 bits per heavy atom. The van der Waals surface area contributed by atoms with Crippen molar-refractivity contribution < 1.29 is 0 Å². The molecule has 1 unspecified atom stereocenters. The van der Waals surface area contributed by atoms with E-state index in [0.29, 0.717) is 11.6 Å². The molecule has 2 aromatic rings. The Hall–Kier alpha value is -2.21. The molecule has 0 aliphatic rings. The first kappa shape index (κ1) is 12.3. The number of hydrogen-bond acceptors (Lipinski definition) is 6. The molecule has 2 aromatic heterocycles. The van der Waals surface area contributed by atoms with Crippen LogP contribution in [0.5, 0.6) is 0 Å². The maximum absolute atomic E-state index is 5.35. The van der Waals surface area contributed by atoms with Gasteiger partial charge in [0.1, 0.15) is 17.5 Å². The lowest BCUT2D eigenvalue weighted by molar-refractivity contribution is 0.859. The van der Waals surface area contributed by atoms with Crippen molar-refractivity contribution in [1.82, 2.24) is 15.0 Å². The normalized spacial score (nSPS) is 11.9. The number of nitrogens with one attached hydrogen (secondary N) is 2. The fourth-order valence-electron chi connectivity index (χ4n) is 1.65. The van der Waals surface area contributed by atoms with Gasteiger partial charge in [0.05, 0.1) is 6.04 Å². The predicted octanol–water partition coefficient (Wildman–Crippen LogP) is 1.64. The molecule has 6 nitrogen and oxygen atoms in total. The van der Waals surface area contributed by atoms with Gasteiger partial charge in [0, 0.05) is 18.5 Å². The molecule has 0 aliphatic carbocycles. The zero-order chi connectivity index (χ0) is 13.0. The van der Waals surface area contributed by atoms with Crippen molar-refractivity contribution in [1.29, 1.82) is 0 Å². The van der Waals surface area contributed by atoms with Crippen LogP contribution in [0.3, 0.4) is 0 Å². The van der Waals surface area contributed by atoms with Crippen molar-refractivity contribution in [3.05, 3.63) is 42.0 Å². The Bertz CT molecular complexity index is 513. The molecule has 0 fully saturated rings. The van der Waals surface area contributed by atoms with E-state index in [1.54, 1.807) is 12.3 Å². The average Bonchev–Trinajstić information content (AvgIpc) is 2.39. The van der Waals surface area contributed by atoms with Gasteiger partial charge in [-0.1, -0.05) is 6.07 Å². The van der Waals surface area contributed by atoms with E-state index < -0.39 is 0 Å². The van der Waals surface area contributed by atoms with Crippen LogP contribution in [0.15, 0.2) is 30.6 Å². The van der Waals surface area contributed by atoms with E-state index in [1.165, 1.54) is 0 Å². The van der Waals surface area contributed by atoms with Crippen LogP contribution in [0.25, 0.3) is 0 Å². The summed E-state index contributed by atoms with van der Waals surface area (Å²) >= 11 is 0. The first-order valence-electron chi connectivity index (χ1n) is 5.68. The third kappa shape index (κ3) is 2.92. The zero-order valence-electron chi connectivity index (χ0n) is 10.4. The summed E-state index contributed by atoms with van der Waals surface area (Å²) in [6.45, 7) is 3.87. The molecule has 0 aliphatic heterocycles. The quantitative estimate of drug-likeness (QED) is 0.559. The lowest BCUT2D eigenvalue weighted by atomic mass is 10.1. The van der Waals surface area contributed by atoms with E-state index in [2.05, 4.69) is 25.7 Å². The van der Waals surface area contributed by atoms with Crippen molar-refractivity contribution in [2.75, 3.05) is 10.7 Å². The number of nitrogen functional groups attached to an aromatic ring is 1. The van der Waals surface area contributed by atoms with Crippen LogP contribution in [-0.2, 0) is 0 Å². The summed E-state index contributed by atoms with van der Waals surface area (Å²) in [4.78, 5) is 12.5. The van der Waals surface area contributed by atoms with Gasteiger partial charge in [-0.3, -0.25) is 4.98 Å². The van der Waals surface area contributed by atoms with Crippen LogP contribution < -0.4 is 16.6 Å². The molecule has 0 bridgehead atoms. The van der Waals surface area contributed by atoms with Gasteiger partial charge in [0.25, 0.3) is 0 Å². The van der Waals surface area contributed by atoms with Crippen molar-refractivity contribution >= 4 is 11.6 Å². The molecular formula is C12H16N6. The zero-order valence-corrected chi connectivity index (χ0v) is 10.4. The van der Waals surface area contributed by atoms with Crippen molar-refractivity contribution in [2.24, 2.45) is 5.84 Å². The highest BCUT2D eigenvalue weighted by atomic mass is 15.3. The van der Waals surface area contributed by atoms with E-state index >= 15 is 0 Å². The van der Waals surface area contributed by atoms with Crippen LogP contribution in [0.4, 0.5) is 11.6 Å². The number of nitrogens with zero attached hydrogens (tertiary/aromatic N) is 3. The first-order chi connectivity index (χ1) is 8.69. The summed E-state index contributed by atoms with van der Waals surface area (Å²) in [6.07, 6.45) is 3.58. The third-order valence-electron chi connectivity index (χ3n) is 2.53. The third-order valence-corrected chi connectivity index (χ3v) is 2.53. The lowest BCUT2D eigenvalue weighted by Gasteiger charge is -2.15. The Balaban J connectivity index is 2.16. The van der Waals surface area contributed by atoms with Gasteiger partial charge >= 0.3 is 0 Å². The molecule has 6 heteroatoms. The summed E-state index contributed by atoms with van der Waals surface area (Å²) in [5.41, 5.74) is 3.61. The SMILES string of the molecule is Cc1nc(NN)cc(NC(C)c2cccnc2)n1. The Morgan fingerprint density at radius 1 is 1.28 bits per heavy atom. The highest BCUT2D eigenvalue weighted by Crippen LogP contribution is 2.18. The number of rotatable bonds is 4. The second-order valence-electron chi connectivity index (χ2n) is 3.98. The molecule has 94 valence electrons. The number of pyridine rings is 1. The minimum absolute atomic E-state index is 0.110. The minimum Gasteiger partial charge on any atom is -0.363 e. The van der Waals surface area contributed by atoms with E-state index in [1.807, 2.05) is 32.2 Å². The Morgan fingerprint density at radius 2 is 2.06 bits per heavy atom. The molecule has 0 saturated carbocycles. The lowest BCUT2D eigenvalue weighted by Crippen LogP contribution is -2.13. The van der Waals surface area contributed by atoms with Gasteiger partial charge in [0.15, 0.2) is 0 Å². The van der Waals surface area contributed by atoms with E-state index in [9.17, 15) is 0 Å². The number of aryl methyl sites for hydroxylation is 1. The summed E-state index contributed by atoms with van der Waals surface area (Å²) in [5.74, 6) is 7.33. The van der Waals surface area contributed by atoms with Gasteiger partial charge in [-0.2, -0.15) is 0 Å². The fraction of sp³-hybridized carbons (Fsp3) is 0.250. The molecule has 0 radical (unpaired) electrons. The molecule has 0 saturated heterocycles. The van der Waals surface area contributed by atoms with Gasteiger partial charge < -0.3 is 10.7 Å². The molecular weight excluding hydrogens is 228 g/mol. The molecule has 2 heterocycles. The second-order valence-corrected chi connectivity index (χ2v) is 3.98. The monoisotopic (exact) mass is 244 g/mol. The summed E-state index contributed by atoms with van der Waals surface area (Å²) in [6, 6.07) is 5.80. The highest BCUT2D eigenvalue weighted by Gasteiger charge is 2.07. The van der Waals surface area contributed by atoms with Crippen LogP contribution in [0, 0.1) is 6.92 Å². The number of hydrazine groups is 1. The summed E-state index contributed by atoms with van der Waals surface area (Å²) in [7, 11) is 0. The number of aromatic nitrogens is 3. The molecule has 4 N–H and O–H groups in total. The average molecular weight is 244 g/mol. The maximum Gasteiger partial charge on any atom is 0.145 e. The molecule has 18 heavy (non-hydrogen) atoms. The van der Waals surface area contributed by atoms with Crippen molar-refractivity contribution in [3.8, 4) is 0 Å². The van der Waals surface area contributed by atoms with Gasteiger partial charge in [-0.05, 0) is 25.5 Å². The van der Waals surface area contributed by atoms with Gasteiger partial charge in [-0.15, -0.1) is 0 Å². The van der Waals surface area contributed by atoms with Crippen LogP contribution in [0.1, 0.15) is 24.4 Å². The topological polar surface area (TPSA) is 88.8 Å². The Kier molecular flexibility index (Phi) is 3.69. The fourth-order valence-corrected chi connectivity index (χ4v) is 1.65. The van der Waals surface area contributed by atoms with Gasteiger partial charge in [0.2, 0.25) is 0 Å². The van der Waals surface area contributed by atoms with E-state index in [-0.39, 0.29) is 6.04 Å². The largest absolute Gasteiger partial charge is 0.363 e. The molecule has 0 spiro atoms. The highest BCUT2D eigenvalue weighted by molar-refractivity contribution is 5.47. The first-order valence-corrected chi connectivity index (χ1v) is 5.68. The molecule has 0 amide bonds. The second kappa shape index (κ2) is 5.42. The van der Waals surface area contributed by atoms with Gasteiger partial charge in [-0.25, -0.2) is 15.8 Å². The standard InChI is InChI=1S/C12H16N6/c1-8(10-4-3-5-14-7-10)15-11-6-12(18-13)17-9(2)16-11/h3-8H,13H2,1-2H3,(H2,15,16,17,18).